The molecule has 120 valence electrons. The van der Waals surface area contributed by atoms with Gasteiger partial charge >= 0.3 is 0 Å². The maximum Gasteiger partial charge on any atom is 0.287 e. The van der Waals surface area contributed by atoms with Gasteiger partial charge in [0.2, 0.25) is 0 Å². The Morgan fingerprint density at radius 3 is 2.48 bits per heavy atom. The van der Waals surface area contributed by atoms with Crippen molar-refractivity contribution in [3.63, 3.8) is 0 Å². The van der Waals surface area contributed by atoms with Gasteiger partial charge in [-0.3, -0.25) is 14.9 Å². The molecule has 1 amide bonds. The number of aromatic nitrogens is 1. The van der Waals surface area contributed by atoms with E-state index in [9.17, 15) is 14.9 Å². The Hall–Kier alpha value is -3.16. The van der Waals surface area contributed by atoms with Gasteiger partial charge in [0.25, 0.3) is 11.6 Å². The van der Waals surface area contributed by atoms with Crippen LogP contribution in [0.1, 0.15) is 15.9 Å². The molecule has 0 fully saturated rings. The number of benzene rings is 1. The number of aryl methyl sites for hydroxylation is 1. The van der Waals surface area contributed by atoms with Crippen LogP contribution in [-0.2, 0) is 0 Å². The number of pyridine rings is 1. The van der Waals surface area contributed by atoms with Crippen LogP contribution in [0.15, 0.2) is 30.5 Å². The highest BCUT2D eigenvalue weighted by atomic mass is 16.6. The second-order valence-corrected chi connectivity index (χ2v) is 4.64. The zero-order chi connectivity index (χ0) is 17.0. The molecule has 0 saturated carbocycles. The van der Waals surface area contributed by atoms with Crippen LogP contribution in [-0.4, -0.2) is 30.0 Å². The molecule has 8 nitrogen and oxygen atoms in total. The van der Waals surface area contributed by atoms with Crippen molar-refractivity contribution < 1.29 is 19.2 Å². The van der Waals surface area contributed by atoms with Crippen LogP contribution in [0.3, 0.4) is 0 Å². The molecule has 2 rings (SSSR count). The Bertz CT molecular complexity index is 761. The lowest BCUT2D eigenvalue weighted by molar-refractivity contribution is -0.385. The van der Waals surface area contributed by atoms with E-state index < -0.39 is 10.8 Å². The molecule has 1 aromatic heterocycles. The van der Waals surface area contributed by atoms with Gasteiger partial charge < -0.3 is 14.8 Å². The summed E-state index contributed by atoms with van der Waals surface area (Å²) in [7, 11) is 2.98. The molecule has 2 aromatic rings. The number of hydrogen-bond donors (Lipinski definition) is 1. The molecular weight excluding hydrogens is 302 g/mol. The molecular formula is C15H15N3O5. The highest BCUT2D eigenvalue weighted by Gasteiger charge is 2.14. The second kappa shape index (κ2) is 6.73. The third-order valence-corrected chi connectivity index (χ3v) is 3.15. The van der Waals surface area contributed by atoms with E-state index in [0.717, 1.165) is 6.20 Å². The Labute approximate surface area is 132 Å². The summed E-state index contributed by atoms with van der Waals surface area (Å²) in [6.07, 6.45) is 1.09. The van der Waals surface area contributed by atoms with Crippen LogP contribution in [0.25, 0.3) is 0 Å². The first kappa shape index (κ1) is 16.2. The topological polar surface area (TPSA) is 104 Å². The molecule has 1 N–H and O–H groups in total. The monoisotopic (exact) mass is 317 g/mol. The van der Waals surface area contributed by atoms with Gasteiger partial charge in [0.15, 0.2) is 11.5 Å². The largest absolute Gasteiger partial charge is 0.493 e. The SMILES string of the molecule is COc1ccc(C(=O)Nc2ncc([N+](=O)[O-])cc2C)cc1OC. The minimum atomic E-state index is -0.542. The van der Waals surface area contributed by atoms with Gasteiger partial charge in [-0.05, 0) is 30.7 Å². The van der Waals surface area contributed by atoms with Crippen molar-refractivity contribution in [1.29, 1.82) is 0 Å². The van der Waals surface area contributed by atoms with Crippen molar-refractivity contribution in [3.8, 4) is 11.5 Å². The van der Waals surface area contributed by atoms with Crippen molar-refractivity contribution in [2.24, 2.45) is 0 Å². The van der Waals surface area contributed by atoms with Crippen LogP contribution in [0.2, 0.25) is 0 Å². The quantitative estimate of drug-likeness (QED) is 0.671. The Kier molecular flexibility index (Phi) is 4.75. The lowest BCUT2D eigenvalue weighted by atomic mass is 10.2. The van der Waals surface area contributed by atoms with Gasteiger partial charge in [0.05, 0.1) is 19.1 Å². The molecule has 23 heavy (non-hydrogen) atoms. The van der Waals surface area contributed by atoms with Gasteiger partial charge in [-0.1, -0.05) is 0 Å². The summed E-state index contributed by atoms with van der Waals surface area (Å²) in [5.41, 5.74) is 0.710. The maximum absolute atomic E-state index is 12.3. The van der Waals surface area contributed by atoms with Gasteiger partial charge in [-0.15, -0.1) is 0 Å². The number of ether oxygens (including phenoxy) is 2. The number of amides is 1. The van der Waals surface area contributed by atoms with Crippen LogP contribution < -0.4 is 14.8 Å². The van der Waals surface area contributed by atoms with Crippen molar-refractivity contribution in [2.45, 2.75) is 6.92 Å². The summed E-state index contributed by atoms with van der Waals surface area (Å²) in [5, 5.41) is 13.3. The fourth-order valence-electron chi connectivity index (χ4n) is 1.95. The minimum Gasteiger partial charge on any atom is -0.493 e. The summed E-state index contributed by atoms with van der Waals surface area (Å²) in [4.78, 5) is 26.3. The maximum atomic E-state index is 12.3. The number of methoxy groups -OCH3 is 2. The summed E-state index contributed by atoms with van der Waals surface area (Å²) in [6, 6.07) is 6.08. The van der Waals surface area contributed by atoms with Gasteiger partial charge in [-0.25, -0.2) is 4.98 Å². The lowest BCUT2D eigenvalue weighted by Gasteiger charge is -2.10. The van der Waals surface area contributed by atoms with E-state index in [-0.39, 0.29) is 11.5 Å². The molecule has 0 saturated heterocycles. The van der Waals surface area contributed by atoms with E-state index in [1.54, 1.807) is 19.1 Å². The van der Waals surface area contributed by atoms with Crippen molar-refractivity contribution >= 4 is 17.4 Å². The molecule has 0 bridgehead atoms. The molecule has 1 heterocycles. The first-order valence-corrected chi connectivity index (χ1v) is 6.60. The normalized spacial score (nSPS) is 10.0. The smallest absolute Gasteiger partial charge is 0.287 e. The average Bonchev–Trinajstić information content (AvgIpc) is 2.55. The third kappa shape index (κ3) is 3.54. The number of carbonyl (C=O) groups excluding carboxylic acids is 1. The Morgan fingerprint density at radius 1 is 1.22 bits per heavy atom. The number of nitro groups is 1. The van der Waals surface area contributed by atoms with Crippen molar-refractivity contribution in [3.05, 3.63) is 51.7 Å². The average molecular weight is 317 g/mol. The molecule has 1 aromatic carbocycles. The predicted octanol–water partition coefficient (Wildman–Crippen LogP) is 2.57. The minimum absolute atomic E-state index is 0.133. The zero-order valence-electron chi connectivity index (χ0n) is 12.8. The summed E-state index contributed by atoms with van der Waals surface area (Å²) >= 11 is 0. The van der Waals surface area contributed by atoms with Crippen molar-refractivity contribution in [1.82, 2.24) is 4.98 Å². The highest BCUT2D eigenvalue weighted by Crippen LogP contribution is 2.28. The highest BCUT2D eigenvalue weighted by molar-refractivity contribution is 6.04. The molecule has 0 unspecified atom stereocenters. The van der Waals surface area contributed by atoms with Crippen LogP contribution in [0, 0.1) is 17.0 Å². The van der Waals surface area contributed by atoms with Gasteiger partial charge in [0.1, 0.15) is 12.0 Å². The van der Waals surface area contributed by atoms with Crippen molar-refractivity contribution in [2.75, 3.05) is 19.5 Å². The number of nitrogens with one attached hydrogen (secondary N) is 1. The van der Waals surface area contributed by atoms with Gasteiger partial charge in [-0.2, -0.15) is 0 Å². The number of carbonyl (C=O) groups is 1. The first-order chi connectivity index (χ1) is 11.0. The molecule has 0 aliphatic rings. The Balaban J connectivity index is 2.24. The van der Waals surface area contributed by atoms with Gasteiger partial charge in [0, 0.05) is 11.6 Å². The van der Waals surface area contributed by atoms with E-state index in [4.69, 9.17) is 9.47 Å². The molecule has 0 atom stereocenters. The summed E-state index contributed by atoms with van der Waals surface area (Å²) < 4.78 is 10.3. The van der Waals surface area contributed by atoms with E-state index in [2.05, 4.69) is 10.3 Å². The third-order valence-electron chi connectivity index (χ3n) is 3.15. The molecule has 8 heteroatoms. The Morgan fingerprint density at radius 2 is 1.91 bits per heavy atom. The van der Waals surface area contributed by atoms with E-state index >= 15 is 0 Å². The number of hydrogen-bond acceptors (Lipinski definition) is 6. The lowest BCUT2D eigenvalue weighted by Crippen LogP contribution is -2.14. The number of anilines is 1. The van der Waals surface area contributed by atoms with E-state index in [1.165, 1.54) is 26.4 Å². The standard InChI is InChI=1S/C15H15N3O5/c1-9-6-11(18(20)21)8-16-14(9)17-15(19)10-4-5-12(22-2)13(7-10)23-3/h4-8H,1-3H3,(H,16,17,19). The number of nitrogens with zero attached hydrogens (tertiary/aromatic N) is 2. The predicted molar refractivity (Wildman–Crippen MR) is 83.1 cm³/mol. The van der Waals surface area contributed by atoms with Crippen LogP contribution in [0.5, 0.6) is 11.5 Å². The fourth-order valence-corrected chi connectivity index (χ4v) is 1.95. The first-order valence-electron chi connectivity index (χ1n) is 6.60. The van der Waals surface area contributed by atoms with E-state index in [1.807, 2.05) is 0 Å². The molecule has 0 aliphatic carbocycles. The summed E-state index contributed by atoms with van der Waals surface area (Å²) in [6.45, 7) is 1.63. The van der Waals surface area contributed by atoms with Crippen LogP contribution in [0.4, 0.5) is 11.5 Å². The van der Waals surface area contributed by atoms with E-state index in [0.29, 0.717) is 22.6 Å². The molecule has 0 aliphatic heterocycles. The van der Waals surface area contributed by atoms with Crippen LogP contribution >= 0.6 is 0 Å². The second-order valence-electron chi connectivity index (χ2n) is 4.64. The summed E-state index contributed by atoms with van der Waals surface area (Å²) in [5.74, 6) is 0.785. The fraction of sp³-hybridized carbons (Fsp3) is 0.200. The number of rotatable bonds is 5. The molecule has 0 radical (unpaired) electrons. The zero-order valence-corrected chi connectivity index (χ0v) is 12.8. The molecule has 0 spiro atoms.